The normalized spacial score (nSPS) is 12.1. The Labute approximate surface area is 172 Å². The zero-order valence-corrected chi connectivity index (χ0v) is 16.6. The summed E-state index contributed by atoms with van der Waals surface area (Å²) < 4.78 is 1.20. The first kappa shape index (κ1) is 18.6. The highest BCUT2D eigenvalue weighted by atomic mass is 32.1. The van der Waals surface area contributed by atoms with E-state index < -0.39 is 0 Å². The molecule has 0 bridgehead atoms. The topological polar surface area (TPSA) is 116 Å². The van der Waals surface area contributed by atoms with Crippen LogP contribution in [0.5, 0.6) is 0 Å². The predicted molar refractivity (Wildman–Crippen MR) is 124 cm³/mol. The molecule has 0 spiro atoms. The van der Waals surface area contributed by atoms with Crippen LogP contribution >= 0.6 is 11.3 Å². The molecule has 29 heavy (non-hydrogen) atoms. The summed E-state index contributed by atoms with van der Waals surface area (Å²) in [5, 5.41) is 2.26. The van der Waals surface area contributed by atoms with Crippen LogP contribution in [-0.4, -0.2) is 16.8 Å². The van der Waals surface area contributed by atoms with Gasteiger partial charge in [0.1, 0.15) is 0 Å². The van der Waals surface area contributed by atoms with Crippen LogP contribution in [0.3, 0.4) is 0 Å². The molecule has 0 atom stereocenters. The molecular weight excluding hydrogens is 380 g/mol. The van der Waals surface area contributed by atoms with Gasteiger partial charge >= 0.3 is 0 Å². The number of benzene rings is 2. The molecule has 0 fully saturated rings. The van der Waals surface area contributed by atoms with Gasteiger partial charge in [0.05, 0.1) is 11.4 Å². The van der Waals surface area contributed by atoms with Gasteiger partial charge in [-0.05, 0) is 65.9 Å². The van der Waals surface area contributed by atoms with Crippen LogP contribution < -0.4 is 17.2 Å². The van der Waals surface area contributed by atoms with Gasteiger partial charge in [0.25, 0.3) is 0 Å². The third kappa shape index (κ3) is 4.25. The lowest BCUT2D eigenvalue weighted by Crippen LogP contribution is -2.21. The molecule has 4 aromatic rings. The van der Waals surface area contributed by atoms with Gasteiger partial charge in [0.15, 0.2) is 11.8 Å². The number of hydrogen-bond acceptors (Lipinski definition) is 4. The van der Waals surface area contributed by atoms with E-state index in [1.807, 2.05) is 30.3 Å². The molecule has 0 amide bonds. The third-order valence-electron chi connectivity index (χ3n) is 4.28. The molecule has 6 nitrogen and oxygen atoms in total. The highest BCUT2D eigenvalue weighted by molar-refractivity contribution is 7.22. The van der Waals surface area contributed by atoms with Crippen molar-refractivity contribution in [1.82, 2.24) is 4.98 Å². The molecule has 0 aliphatic heterocycles. The summed E-state index contributed by atoms with van der Waals surface area (Å²) in [6.07, 6.45) is 3.48. The fraction of sp³-hybridized carbons (Fsp3) is 0.0455. The number of aliphatic imine (C=N–C) groups is 2. The number of nitrogens with zero attached hydrogens (tertiary/aromatic N) is 3. The molecule has 7 heteroatoms. The number of hydrogen-bond donors (Lipinski definition) is 3. The smallest absolute Gasteiger partial charge is 0.190 e. The number of nitrogens with two attached hydrogens (primary N) is 3. The van der Waals surface area contributed by atoms with Gasteiger partial charge in [0, 0.05) is 21.2 Å². The van der Waals surface area contributed by atoms with Gasteiger partial charge in [-0.25, -0.2) is 15.0 Å². The second-order valence-electron chi connectivity index (χ2n) is 6.61. The van der Waals surface area contributed by atoms with E-state index in [1.165, 1.54) is 15.0 Å². The molecule has 0 aliphatic rings. The number of guanidine groups is 1. The lowest BCUT2D eigenvalue weighted by Gasteiger charge is -2.02. The number of aromatic nitrogens is 1. The van der Waals surface area contributed by atoms with E-state index in [0.29, 0.717) is 11.7 Å². The standard InChI is InChI=1S/C22H20N6S/c1-13(23)27-21-7-5-15-11-16(4-6-18(15)28-21)20-12-17-3-2-14(10-19(17)29-20)8-9-26-22(24)25/h2-12H,1H3,(H2,23,27,28)(H4,24,25,26)/b9-8+. The second kappa shape index (κ2) is 7.73. The minimum atomic E-state index is 0.0450. The van der Waals surface area contributed by atoms with Crippen molar-refractivity contribution in [1.29, 1.82) is 0 Å². The molecule has 6 N–H and O–H groups in total. The Kier molecular flexibility index (Phi) is 4.97. The highest BCUT2D eigenvalue weighted by Gasteiger charge is 2.07. The Morgan fingerprint density at radius 3 is 2.59 bits per heavy atom. The maximum atomic E-state index is 5.65. The van der Waals surface area contributed by atoms with Crippen LogP contribution in [0.4, 0.5) is 5.82 Å². The summed E-state index contributed by atoms with van der Waals surface area (Å²) in [7, 11) is 0. The van der Waals surface area contributed by atoms with Crippen molar-refractivity contribution >= 4 is 56.0 Å². The first-order valence-electron chi connectivity index (χ1n) is 8.99. The summed E-state index contributed by atoms with van der Waals surface area (Å²) >= 11 is 1.75. The zero-order chi connectivity index (χ0) is 20.4. The van der Waals surface area contributed by atoms with Crippen molar-refractivity contribution in [2.75, 3.05) is 0 Å². The lowest BCUT2D eigenvalue weighted by atomic mass is 10.1. The van der Waals surface area contributed by atoms with Crippen LogP contribution in [0.15, 0.2) is 70.8 Å². The average Bonchev–Trinajstić information content (AvgIpc) is 3.10. The average molecular weight is 401 g/mol. The Morgan fingerprint density at radius 2 is 1.79 bits per heavy atom. The Hall–Kier alpha value is -3.71. The zero-order valence-electron chi connectivity index (χ0n) is 15.8. The highest BCUT2D eigenvalue weighted by Crippen LogP contribution is 2.35. The monoisotopic (exact) mass is 400 g/mol. The van der Waals surface area contributed by atoms with Crippen molar-refractivity contribution in [3.8, 4) is 10.4 Å². The SMILES string of the molecule is CC(N)=Nc1ccc2cc(-c3cc4ccc(/C=C/N=C(N)N)cc4s3)ccc2n1. The minimum absolute atomic E-state index is 0.0450. The van der Waals surface area contributed by atoms with Crippen molar-refractivity contribution in [2.45, 2.75) is 6.92 Å². The van der Waals surface area contributed by atoms with Crippen molar-refractivity contribution in [3.05, 3.63) is 66.4 Å². The van der Waals surface area contributed by atoms with Gasteiger partial charge in [-0.2, -0.15) is 0 Å². The molecule has 2 aromatic carbocycles. The van der Waals surface area contributed by atoms with E-state index in [4.69, 9.17) is 17.2 Å². The molecular formula is C22H20N6S. The molecule has 0 saturated carbocycles. The van der Waals surface area contributed by atoms with Crippen molar-refractivity contribution in [3.63, 3.8) is 0 Å². The lowest BCUT2D eigenvalue weighted by molar-refractivity contribution is 1.31. The van der Waals surface area contributed by atoms with Gasteiger partial charge < -0.3 is 17.2 Å². The maximum Gasteiger partial charge on any atom is 0.190 e. The minimum Gasteiger partial charge on any atom is -0.387 e. The van der Waals surface area contributed by atoms with Gasteiger partial charge in [-0.1, -0.05) is 18.2 Å². The number of pyridine rings is 1. The summed E-state index contributed by atoms with van der Waals surface area (Å²) in [5.74, 6) is 1.16. The quantitative estimate of drug-likeness (QED) is 0.348. The van der Waals surface area contributed by atoms with Crippen LogP contribution in [0.25, 0.3) is 37.5 Å². The van der Waals surface area contributed by atoms with E-state index >= 15 is 0 Å². The van der Waals surface area contributed by atoms with Gasteiger partial charge in [0.2, 0.25) is 0 Å². The fourth-order valence-electron chi connectivity index (χ4n) is 3.01. The maximum absolute atomic E-state index is 5.65. The molecule has 144 valence electrons. The molecule has 0 radical (unpaired) electrons. The van der Waals surface area contributed by atoms with Gasteiger partial charge in [-0.15, -0.1) is 11.3 Å². The molecule has 2 heterocycles. The second-order valence-corrected chi connectivity index (χ2v) is 7.69. The molecule has 2 aromatic heterocycles. The third-order valence-corrected chi connectivity index (χ3v) is 5.43. The fourth-order valence-corrected chi connectivity index (χ4v) is 4.12. The largest absolute Gasteiger partial charge is 0.387 e. The van der Waals surface area contributed by atoms with Gasteiger partial charge in [-0.3, -0.25) is 0 Å². The molecule has 4 rings (SSSR count). The first-order chi connectivity index (χ1) is 14.0. The van der Waals surface area contributed by atoms with Crippen LogP contribution in [0, 0.1) is 0 Å². The van der Waals surface area contributed by atoms with E-state index in [2.05, 4.69) is 45.3 Å². The number of fused-ring (bicyclic) bond motifs is 2. The Morgan fingerprint density at radius 1 is 0.966 bits per heavy atom. The van der Waals surface area contributed by atoms with Crippen LogP contribution in [-0.2, 0) is 0 Å². The summed E-state index contributed by atoms with van der Waals surface area (Å²) in [4.78, 5) is 13.8. The molecule has 0 saturated heterocycles. The summed E-state index contributed by atoms with van der Waals surface area (Å²) in [6, 6.07) is 18.6. The molecule has 0 aliphatic carbocycles. The Balaban J connectivity index is 1.68. The van der Waals surface area contributed by atoms with E-state index in [0.717, 1.165) is 22.0 Å². The number of thiophene rings is 1. The predicted octanol–water partition coefficient (Wildman–Crippen LogP) is 4.37. The van der Waals surface area contributed by atoms with E-state index in [-0.39, 0.29) is 5.96 Å². The van der Waals surface area contributed by atoms with Crippen molar-refractivity contribution < 1.29 is 0 Å². The van der Waals surface area contributed by atoms with E-state index in [9.17, 15) is 0 Å². The van der Waals surface area contributed by atoms with E-state index in [1.54, 1.807) is 24.5 Å². The van der Waals surface area contributed by atoms with Crippen molar-refractivity contribution in [2.24, 2.45) is 27.2 Å². The number of amidine groups is 1. The van der Waals surface area contributed by atoms with Crippen LogP contribution in [0.1, 0.15) is 12.5 Å². The number of rotatable bonds is 4. The summed E-state index contributed by atoms with van der Waals surface area (Å²) in [6.45, 7) is 1.75. The van der Waals surface area contributed by atoms with Crippen LogP contribution in [0.2, 0.25) is 0 Å². The first-order valence-corrected chi connectivity index (χ1v) is 9.80. The Bertz CT molecular complexity index is 1290. The molecule has 0 unspecified atom stereocenters. The summed E-state index contributed by atoms with van der Waals surface area (Å²) in [5.41, 5.74) is 19.4.